The Bertz CT molecular complexity index is 729. The van der Waals surface area contributed by atoms with E-state index in [0.29, 0.717) is 6.54 Å². The van der Waals surface area contributed by atoms with Crippen molar-refractivity contribution in [3.63, 3.8) is 0 Å². The van der Waals surface area contributed by atoms with Gasteiger partial charge >= 0.3 is 0 Å². The van der Waals surface area contributed by atoms with E-state index in [4.69, 9.17) is 5.73 Å². The molecule has 3 heterocycles. The maximum absolute atomic E-state index is 12.9. The van der Waals surface area contributed by atoms with Crippen LogP contribution in [-0.4, -0.2) is 44.0 Å². The molecule has 1 unspecified atom stereocenters. The lowest BCUT2D eigenvalue weighted by Gasteiger charge is -2.37. The number of carbonyl (C=O) groups excluding carboxylic acids is 1. The normalized spacial score (nSPS) is 22.3. The summed E-state index contributed by atoms with van der Waals surface area (Å²) in [6.07, 6.45) is 7.79. The number of piperidine rings is 1. The Hall–Kier alpha value is -1.37. The van der Waals surface area contributed by atoms with Crippen LogP contribution in [0, 0.1) is 0 Å². The summed E-state index contributed by atoms with van der Waals surface area (Å²) in [7, 11) is 0. The van der Waals surface area contributed by atoms with E-state index in [-0.39, 0.29) is 36.6 Å². The minimum atomic E-state index is -0.630. The average Bonchev–Trinajstić information content (AvgIpc) is 3.21. The number of likely N-dealkylation sites (tertiary alicyclic amines) is 1. The molecular formula is C17H25Cl2N5O. The highest BCUT2D eigenvalue weighted by molar-refractivity contribution is 5.86. The lowest BCUT2D eigenvalue weighted by Crippen LogP contribution is -2.55. The summed E-state index contributed by atoms with van der Waals surface area (Å²) < 4.78 is 2.03. The van der Waals surface area contributed by atoms with E-state index in [1.54, 1.807) is 0 Å². The molecular weight excluding hydrogens is 361 g/mol. The molecule has 6 nitrogen and oxygen atoms in total. The number of pyridine rings is 1. The molecule has 0 bridgehead atoms. The molecule has 0 radical (unpaired) electrons. The highest BCUT2D eigenvalue weighted by Gasteiger charge is 2.41. The van der Waals surface area contributed by atoms with Crippen molar-refractivity contribution >= 4 is 36.4 Å². The fourth-order valence-electron chi connectivity index (χ4n) is 4.05. The van der Waals surface area contributed by atoms with Crippen molar-refractivity contribution in [1.82, 2.24) is 19.5 Å². The highest BCUT2D eigenvalue weighted by Crippen LogP contribution is 2.32. The third-order valence-electron chi connectivity index (χ3n) is 5.34. The van der Waals surface area contributed by atoms with Gasteiger partial charge in [-0.1, -0.05) is 18.9 Å². The monoisotopic (exact) mass is 385 g/mol. The minimum Gasteiger partial charge on any atom is -0.340 e. The van der Waals surface area contributed by atoms with Gasteiger partial charge in [0.15, 0.2) is 5.65 Å². The molecule has 1 saturated heterocycles. The molecule has 0 spiro atoms. The summed E-state index contributed by atoms with van der Waals surface area (Å²) in [5.74, 6) is 1.32. The maximum atomic E-state index is 12.9. The van der Waals surface area contributed by atoms with E-state index in [2.05, 4.69) is 10.2 Å². The van der Waals surface area contributed by atoms with E-state index in [1.165, 1.54) is 0 Å². The molecule has 2 aliphatic rings. The van der Waals surface area contributed by atoms with Gasteiger partial charge in [0.25, 0.3) is 0 Å². The second-order valence-corrected chi connectivity index (χ2v) is 6.94. The third kappa shape index (κ3) is 3.61. The van der Waals surface area contributed by atoms with Crippen molar-refractivity contribution in [1.29, 1.82) is 0 Å². The van der Waals surface area contributed by atoms with Crippen LogP contribution in [0.15, 0.2) is 24.4 Å². The largest absolute Gasteiger partial charge is 0.340 e. The van der Waals surface area contributed by atoms with E-state index < -0.39 is 5.54 Å². The van der Waals surface area contributed by atoms with Crippen molar-refractivity contribution in [2.24, 2.45) is 5.73 Å². The van der Waals surface area contributed by atoms with Gasteiger partial charge in [0, 0.05) is 25.2 Å². The molecule has 2 fully saturated rings. The Morgan fingerprint density at radius 2 is 1.92 bits per heavy atom. The van der Waals surface area contributed by atoms with Crippen molar-refractivity contribution < 1.29 is 4.79 Å². The highest BCUT2D eigenvalue weighted by atomic mass is 35.5. The first-order chi connectivity index (χ1) is 11.2. The van der Waals surface area contributed by atoms with Crippen LogP contribution in [-0.2, 0) is 4.79 Å². The second kappa shape index (κ2) is 7.89. The molecule has 1 atom stereocenters. The topological polar surface area (TPSA) is 76.5 Å². The lowest BCUT2D eigenvalue weighted by atomic mass is 9.92. The first kappa shape index (κ1) is 19.9. The number of rotatable bonds is 2. The number of amides is 1. The smallest absolute Gasteiger partial charge is 0.242 e. The van der Waals surface area contributed by atoms with Crippen LogP contribution < -0.4 is 5.73 Å². The SMILES string of the molecule is Cl.Cl.NC1(C(=O)N2CCCC(c3nnc4ccccn34)C2)CCCC1. The molecule has 2 N–H and O–H groups in total. The van der Waals surface area contributed by atoms with Crippen LogP contribution in [0.1, 0.15) is 50.3 Å². The van der Waals surface area contributed by atoms with Gasteiger partial charge in [-0.3, -0.25) is 9.20 Å². The summed E-state index contributed by atoms with van der Waals surface area (Å²) in [6.45, 7) is 1.51. The molecule has 1 aliphatic carbocycles. The molecule has 8 heteroatoms. The number of halogens is 2. The number of fused-ring (bicyclic) bond motifs is 1. The summed E-state index contributed by atoms with van der Waals surface area (Å²) >= 11 is 0. The number of nitrogens with zero attached hydrogens (tertiary/aromatic N) is 4. The Labute approximate surface area is 160 Å². The van der Waals surface area contributed by atoms with Gasteiger partial charge in [0.2, 0.25) is 5.91 Å². The predicted octanol–water partition coefficient (Wildman–Crippen LogP) is 2.55. The number of carbonyl (C=O) groups is 1. The summed E-state index contributed by atoms with van der Waals surface area (Å²) in [4.78, 5) is 14.8. The quantitative estimate of drug-likeness (QED) is 0.861. The molecule has 0 aromatic carbocycles. The first-order valence-corrected chi connectivity index (χ1v) is 8.55. The maximum Gasteiger partial charge on any atom is 0.242 e. The molecule has 4 rings (SSSR count). The van der Waals surface area contributed by atoms with Crippen LogP contribution >= 0.6 is 24.8 Å². The van der Waals surface area contributed by atoms with Crippen molar-refractivity contribution in [2.75, 3.05) is 13.1 Å². The first-order valence-electron chi connectivity index (χ1n) is 8.55. The van der Waals surface area contributed by atoms with Crippen LogP contribution in [0.4, 0.5) is 0 Å². The molecule has 1 saturated carbocycles. The van der Waals surface area contributed by atoms with Crippen LogP contribution in [0.25, 0.3) is 5.65 Å². The fourth-order valence-corrected chi connectivity index (χ4v) is 4.05. The van der Waals surface area contributed by atoms with Gasteiger partial charge < -0.3 is 10.6 Å². The Morgan fingerprint density at radius 3 is 2.68 bits per heavy atom. The average molecular weight is 386 g/mol. The zero-order valence-electron chi connectivity index (χ0n) is 14.1. The third-order valence-corrected chi connectivity index (χ3v) is 5.34. The van der Waals surface area contributed by atoms with E-state index >= 15 is 0 Å². The van der Waals surface area contributed by atoms with Crippen LogP contribution in [0.5, 0.6) is 0 Å². The molecule has 138 valence electrons. The lowest BCUT2D eigenvalue weighted by molar-refractivity contribution is -0.138. The second-order valence-electron chi connectivity index (χ2n) is 6.94. The molecule has 1 amide bonds. The van der Waals surface area contributed by atoms with E-state index in [0.717, 1.165) is 56.5 Å². The van der Waals surface area contributed by atoms with E-state index in [1.807, 2.05) is 33.7 Å². The number of aromatic nitrogens is 3. The number of hydrogen-bond donors (Lipinski definition) is 1. The predicted molar refractivity (Wildman–Crippen MR) is 101 cm³/mol. The van der Waals surface area contributed by atoms with Crippen molar-refractivity contribution in [3.05, 3.63) is 30.2 Å². The van der Waals surface area contributed by atoms with Crippen molar-refractivity contribution in [2.45, 2.75) is 50.0 Å². The van der Waals surface area contributed by atoms with E-state index in [9.17, 15) is 4.79 Å². The van der Waals surface area contributed by atoms with Crippen LogP contribution in [0.2, 0.25) is 0 Å². The summed E-state index contributed by atoms with van der Waals surface area (Å²) in [6, 6.07) is 5.90. The minimum absolute atomic E-state index is 0. The molecule has 2 aromatic heterocycles. The van der Waals surface area contributed by atoms with Gasteiger partial charge in [0.1, 0.15) is 5.82 Å². The number of nitrogens with two attached hydrogens (primary N) is 1. The molecule has 1 aliphatic heterocycles. The van der Waals surface area contributed by atoms with Crippen molar-refractivity contribution in [3.8, 4) is 0 Å². The van der Waals surface area contributed by atoms with Gasteiger partial charge in [-0.25, -0.2) is 0 Å². The van der Waals surface area contributed by atoms with Gasteiger partial charge in [-0.05, 0) is 37.8 Å². The van der Waals surface area contributed by atoms with Gasteiger partial charge in [-0.2, -0.15) is 0 Å². The molecule has 2 aromatic rings. The standard InChI is InChI=1S/C17H23N5O.2ClH/c18-17(8-2-3-9-17)16(23)21-10-5-6-13(12-21)15-20-19-14-7-1-4-11-22(14)15;;/h1,4,7,11,13H,2-3,5-6,8-10,12,18H2;2*1H. The molecule has 25 heavy (non-hydrogen) atoms. The zero-order valence-corrected chi connectivity index (χ0v) is 15.8. The Kier molecular flexibility index (Phi) is 6.30. The Morgan fingerprint density at radius 1 is 1.16 bits per heavy atom. The summed E-state index contributed by atoms with van der Waals surface area (Å²) in [5.41, 5.74) is 6.59. The van der Waals surface area contributed by atoms with Gasteiger partial charge in [0.05, 0.1) is 5.54 Å². The van der Waals surface area contributed by atoms with Gasteiger partial charge in [-0.15, -0.1) is 35.0 Å². The fraction of sp³-hybridized carbons (Fsp3) is 0.588. The van der Waals surface area contributed by atoms with Crippen LogP contribution in [0.3, 0.4) is 0 Å². The number of hydrogen-bond acceptors (Lipinski definition) is 4. The zero-order chi connectivity index (χ0) is 15.9. The Balaban J connectivity index is 0.00000113. The summed E-state index contributed by atoms with van der Waals surface area (Å²) in [5, 5.41) is 8.61.